The van der Waals surface area contributed by atoms with Gasteiger partial charge in [0.1, 0.15) is 5.52 Å². The van der Waals surface area contributed by atoms with Gasteiger partial charge in [-0.25, -0.2) is 4.98 Å². The SMILES string of the molecule is CCOC(=N)c1nc2cc(Cl)ccc2o1. The molecular weight excluding hydrogens is 216 g/mol. The molecule has 0 atom stereocenters. The Balaban J connectivity index is 2.42. The van der Waals surface area contributed by atoms with E-state index in [1.807, 2.05) is 0 Å². The van der Waals surface area contributed by atoms with Crippen molar-refractivity contribution in [1.29, 1.82) is 5.41 Å². The maximum absolute atomic E-state index is 7.50. The Morgan fingerprint density at radius 2 is 2.40 bits per heavy atom. The highest BCUT2D eigenvalue weighted by molar-refractivity contribution is 6.31. The molecule has 78 valence electrons. The Morgan fingerprint density at radius 3 is 3.13 bits per heavy atom. The largest absolute Gasteiger partial charge is 0.475 e. The number of nitrogens with zero attached hydrogens (tertiary/aromatic N) is 1. The minimum absolute atomic E-state index is 0.0650. The zero-order valence-corrected chi connectivity index (χ0v) is 8.84. The second-order valence-electron chi connectivity index (χ2n) is 2.89. The second-order valence-corrected chi connectivity index (χ2v) is 3.33. The Bertz CT molecular complexity index is 507. The Labute approximate surface area is 91.3 Å². The Hall–Kier alpha value is -1.55. The number of aromatic nitrogens is 1. The number of fused-ring (bicyclic) bond motifs is 1. The highest BCUT2D eigenvalue weighted by atomic mass is 35.5. The van der Waals surface area contributed by atoms with Gasteiger partial charge >= 0.3 is 0 Å². The van der Waals surface area contributed by atoms with Crippen molar-refractivity contribution in [3.63, 3.8) is 0 Å². The molecule has 2 aromatic rings. The third-order valence-electron chi connectivity index (χ3n) is 1.83. The zero-order chi connectivity index (χ0) is 10.8. The van der Waals surface area contributed by atoms with Crippen LogP contribution < -0.4 is 0 Å². The number of benzene rings is 1. The van der Waals surface area contributed by atoms with Crippen molar-refractivity contribution >= 4 is 28.6 Å². The van der Waals surface area contributed by atoms with Crippen LogP contribution in [0.5, 0.6) is 0 Å². The first kappa shape index (κ1) is 9.98. The van der Waals surface area contributed by atoms with Crippen molar-refractivity contribution in [3.8, 4) is 0 Å². The highest BCUT2D eigenvalue weighted by Gasteiger charge is 2.11. The van der Waals surface area contributed by atoms with Crippen molar-refractivity contribution in [3.05, 3.63) is 29.1 Å². The van der Waals surface area contributed by atoms with Gasteiger partial charge in [0.05, 0.1) is 6.61 Å². The van der Waals surface area contributed by atoms with Crippen LogP contribution in [0.2, 0.25) is 5.02 Å². The molecule has 15 heavy (non-hydrogen) atoms. The zero-order valence-electron chi connectivity index (χ0n) is 8.08. The van der Waals surface area contributed by atoms with Crippen LogP contribution in [0, 0.1) is 5.41 Å². The van der Waals surface area contributed by atoms with Gasteiger partial charge < -0.3 is 9.15 Å². The highest BCUT2D eigenvalue weighted by Crippen LogP contribution is 2.20. The summed E-state index contributed by atoms with van der Waals surface area (Å²) in [7, 11) is 0. The van der Waals surface area contributed by atoms with Gasteiger partial charge in [0, 0.05) is 5.02 Å². The predicted octanol–water partition coefficient (Wildman–Crippen LogP) is 2.84. The van der Waals surface area contributed by atoms with Gasteiger partial charge in [0.25, 0.3) is 11.8 Å². The molecule has 0 saturated carbocycles. The van der Waals surface area contributed by atoms with Crippen LogP contribution in [0.25, 0.3) is 11.1 Å². The Kier molecular flexibility index (Phi) is 2.60. The molecule has 2 rings (SSSR count). The Morgan fingerprint density at radius 1 is 1.60 bits per heavy atom. The number of halogens is 1. The number of ether oxygens (including phenoxy) is 1. The summed E-state index contributed by atoms with van der Waals surface area (Å²) in [6.45, 7) is 2.21. The van der Waals surface area contributed by atoms with Gasteiger partial charge in [-0.05, 0) is 25.1 Å². The average Bonchev–Trinajstić information content (AvgIpc) is 2.60. The van der Waals surface area contributed by atoms with E-state index in [9.17, 15) is 0 Å². The quantitative estimate of drug-likeness (QED) is 0.630. The molecule has 1 aromatic heterocycles. The van der Waals surface area contributed by atoms with Crippen LogP contribution in [0.4, 0.5) is 0 Å². The van der Waals surface area contributed by atoms with Crippen molar-refractivity contribution < 1.29 is 9.15 Å². The molecule has 1 aromatic carbocycles. The normalized spacial score (nSPS) is 10.5. The summed E-state index contributed by atoms with van der Waals surface area (Å²) in [6, 6.07) is 5.11. The van der Waals surface area contributed by atoms with Gasteiger partial charge in [0.15, 0.2) is 5.58 Å². The number of hydrogen-bond acceptors (Lipinski definition) is 4. The average molecular weight is 225 g/mol. The van der Waals surface area contributed by atoms with Crippen LogP contribution in [-0.4, -0.2) is 17.5 Å². The minimum atomic E-state index is -0.0650. The van der Waals surface area contributed by atoms with Crippen LogP contribution in [0.3, 0.4) is 0 Å². The minimum Gasteiger partial charge on any atom is -0.475 e. The molecular formula is C10H9ClN2O2. The summed E-state index contributed by atoms with van der Waals surface area (Å²) in [4.78, 5) is 4.09. The lowest BCUT2D eigenvalue weighted by atomic mass is 10.3. The van der Waals surface area contributed by atoms with Gasteiger partial charge in [-0.3, -0.25) is 5.41 Å². The molecule has 0 saturated heterocycles. The fourth-order valence-corrected chi connectivity index (χ4v) is 1.37. The van der Waals surface area contributed by atoms with E-state index in [0.29, 0.717) is 22.7 Å². The fraction of sp³-hybridized carbons (Fsp3) is 0.200. The first-order valence-electron chi connectivity index (χ1n) is 4.48. The summed E-state index contributed by atoms with van der Waals surface area (Å²) in [6.07, 6.45) is 0. The lowest BCUT2D eigenvalue weighted by Gasteiger charge is -1.97. The smallest absolute Gasteiger partial charge is 0.283 e. The van der Waals surface area contributed by atoms with Crippen LogP contribution in [0.1, 0.15) is 12.8 Å². The summed E-state index contributed by atoms with van der Waals surface area (Å²) >= 11 is 5.80. The first-order chi connectivity index (χ1) is 7.20. The molecule has 0 amide bonds. The third kappa shape index (κ3) is 1.94. The monoisotopic (exact) mass is 224 g/mol. The van der Waals surface area contributed by atoms with E-state index < -0.39 is 0 Å². The fourth-order valence-electron chi connectivity index (χ4n) is 1.20. The first-order valence-corrected chi connectivity index (χ1v) is 4.86. The molecule has 4 nitrogen and oxygen atoms in total. The van der Waals surface area contributed by atoms with E-state index in [1.54, 1.807) is 25.1 Å². The molecule has 0 aliphatic rings. The number of nitrogens with one attached hydrogen (secondary N) is 1. The second kappa shape index (κ2) is 3.90. The molecule has 0 spiro atoms. The molecule has 0 aliphatic heterocycles. The summed E-state index contributed by atoms with van der Waals surface area (Å²) in [5.74, 6) is 0.110. The number of rotatable bonds is 2. The summed E-state index contributed by atoms with van der Waals surface area (Å²) < 4.78 is 10.3. The van der Waals surface area contributed by atoms with E-state index in [4.69, 9.17) is 26.2 Å². The maximum Gasteiger partial charge on any atom is 0.283 e. The van der Waals surface area contributed by atoms with Crippen molar-refractivity contribution in [2.45, 2.75) is 6.92 Å². The predicted molar refractivity (Wildman–Crippen MR) is 57.5 cm³/mol. The van der Waals surface area contributed by atoms with Gasteiger partial charge in [0.2, 0.25) is 0 Å². The van der Waals surface area contributed by atoms with E-state index in [1.165, 1.54) is 0 Å². The lowest BCUT2D eigenvalue weighted by Crippen LogP contribution is -2.04. The van der Waals surface area contributed by atoms with E-state index in [2.05, 4.69) is 4.98 Å². The molecule has 1 N–H and O–H groups in total. The van der Waals surface area contributed by atoms with E-state index >= 15 is 0 Å². The van der Waals surface area contributed by atoms with Crippen LogP contribution in [0.15, 0.2) is 22.6 Å². The standard InChI is InChI=1S/C10H9ClN2O2/c1-2-14-9(12)10-13-7-5-6(11)3-4-8(7)15-10/h3-5,12H,2H2,1H3. The van der Waals surface area contributed by atoms with Crippen molar-refractivity contribution in [2.75, 3.05) is 6.61 Å². The summed E-state index contributed by atoms with van der Waals surface area (Å²) in [5.41, 5.74) is 1.22. The van der Waals surface area contributed by atoms with Gasteiger partial charge in [-0.15, -0.1) is 0 Å². The number of hydrogen-bond donors (Lipinski definition) is 1. The molecule has 0 bridgehead atoms. The summed E-state index contributed by atoms with van der Waals surface area (Å²) in [5, 5.41) is 8.09. The van der Waals surface area contributed by atoms with Crippen molar-refractivity contribution in [1.82, 2.24) is 4.98 Å². The van der Waals surface area contributed by atoms with Gasteiger partial charge in [-0.2, -0.15) is 0 Å². The van der Waals surface area contributed by atoms with Gasteiger partial charge in [-0.1, -0.05) is 11.6 Å². The molecule has 1 heterocycles. The maximum atomic E-state index is 7.50. The molecule has 0 aliphatic carbocycles. The molecule has 0 radical (unpaired) electrons. The molecule has 5 heteroatoms. The van der Waals surface area contributed by atoms with Crippen molar-refractivity contribution in [2.24, 2.45) is 0 Å². The van der Waals surface area contributed by atoms with Crippen LogP contribution in [-0.2, 0) is 4.74 Å². The van der Waals surface area contributed by atoms with E-state index in [0.717, 1.165) is 0 Å². The lowest BCUT2D eigenvalue weighted by molar-refractivity contribution is 0.315. The topological polar surface area (TPSA) is 59.1 Å². The van der Waals surface area contributed by atoms with E-state index in [-0.39, 0.29) is 11.8 Å². The third-order valence-corrected chi connectivity index (χ3v) is 2.07. The number of oxazole rings is 1. The van der Waals surface area contributed by atoms with Crippen LogP contribution >= 0.6 is 11.6 Å². The molecule has 0 unspecified atom stereocenters. The molecule has 0 fully saturated rings.